The number of benzene rings is 2. The molecule has 140 valence electrons. The van der Waals surface area contributed by atoms with Gasteiger partial charge in [0.2, 0.25) is 5.91 Å². The van der Waals surface area contributed by atoms with Crippen LogP contribution in [0.1, 0.15) is 35.7 Å². The van der Waals surface area contributed by atoms with Crippen molar-refractivity contribution in [1.82, 2.24) is 10.9 Å². The van der Waals surface area contributed by atoms with Crippen LogP contribution in [-0.4, -0.2) is 17.7 Å². The van der Waals surface area contributed by atoms with Crippen molar-refractivity contribution in [3.05, 3.63) is 70.8 Å². The van der Waals surface area contributed by atoms with Gasteiger partial charge in [-0.1, -0.05) is 30.7 Å². The number of rotatable bonds is 6. The molecule has 2 aromatic rings. The smallest absolute Gasteiger partial charge is 0.269 e. The van der Waals surface area contributed by atoms with Gasteiger partial charge in [0.05, 0.1) is 0 Å². The summed E-state index contributed by atoms with van der Waals surface area (Å²) in [7, 11) is 0. The second kappa shape index (κ2) is 10.1. The Morgan fingerprint density at radius 3 is 2.26 bits per heavy atom. The van der Waals surface area contributed by atoms with Gasteiger partial charge in [0, 0.05) is 28.8 Å². The SMILES string of the molecule is CCCC(=O)Nc1ccc(C(=O)NNC(=O)/C=C/c2ccc(Cl)cc2)cc1. The molecule has 0 saturated carbocycles. The molecule has 0 unspecified atom stereocenters. The maximum atomic E-state index is 12.0. The summed E-state index contributed by atoms with van der Waals surface area (Å²) in [6, 6.07) is 13.4. The van der Waals surface area contributed by atoms with Gasteiger partial charge in [-0.25, -0.2) is 0 Å². The van der Waals surface area contributed by atoms with E-state index >= 15 is 0 Å². The van der Waals surface area contributed by atoms with E-state index in [1.165, 1.54) is 6.08 Å². The Labute approximate surface area is 162 Å². The van der Waals surface area contributed by atoms with Crippen molar-refractivity contribution >= 4 is 41.1 Å². The van der Waals surface area contributed by atoms with Crippen LogP contribution in [0.25, 0.3) is 6.08 Å². The maximum absolute atomic E-state index is 12.0. The van der Waals surface area contributed by atoms with Crippen molar-refractivity contribution in [2.75, 3.05) is 5.32 Å². The Kier molecular flexibility index (Phi) is 7.58. The molecule has 0 aromatic heterocycles. The van der Waals surface area contributed by atoms with Gasteiger partial charge in [-0.05, 0) is 54.5 Å². The van der Waals surface area contributed by atoms with E-state index < -0.39 is 11.8 Å². The van der Waals surface area contributed by atoms with E-state index in [0.717, 1.165) is 12.0 Å². The number of anilines is 1. The first-order chi connectivity index (χ1) is 13.0. The van der Waals surface area contributed by atoms with E-state index in [4.69, 9.17) is 11.6 Å². The molecule has 2 aromatic carbocycles. The molecule has 6 nitrogen and oxygen atoms in total. The lowest BCUT2D eigenvalue weighted by atomic mass is 10.2. The average Bonchev–Trinajstić information content (AvgIpc) is 2.66. The molecular weight excluding hydrogens is 366 g/mol. The number of nitrogens with one attached hydrogen (secondary N) is 3. The fraction of sp³-hybridized carbons (Fsp3) is 0.150. The standard InChI is InChI=1S/C20H20ClN3O3/c1-2-3-18(25)22-17-11-7-15(8-12-17)20(27)24-23-19(26)13-6-14-4-9-16(21)10-5-14/h4-13H,2-3H2,1H3,(H,22,25)(H,23,26)(H,24,27)/b13-6+. The third kappa shape index (κ3) is 6.95. The van der Waals surface area contributed by atoms with Crippen LogP contribution in [0.15, 0.2) is 54.6 Å². The highest BCUT2D eigenvalue weighted by atomic mass is 35.5. The molecule has 0 bridgehead atoms. The van der Waals surface area contributed by atoms with Crippen LogP contribution in [0.2, 0.25) is 5.02 Å². The molecule has 0 aliphatic heterocycles. The molecule has 0 aliphatic rings. The van der Waals surface area contributed by atoms with E-state index in [-0.39, 0.29) is 5.91 Å². The zero-order valence-corrected chi connectivity index (χ0v) is 15.5. The van der Waals surface area contributed by atoms with E-state index in [1.807, 2.05) is 6.92 Å². The summed E-state index contributed by atoms with van der Waals surface area (Å²) in [6.45, 7) is 1.92. The number of hydrogen-bond donors (Lipinski definition) is 3. The van der Waals surface area contributed by atoms with Crippen LogP contribution in [0, 0.1) is 0 Å². The fourth-order valence-corrected chi connectivity index (χ4v) is 2.26. The number of carbonyl (C=O) groups is 3. The van der Waals surface area contributed by atoms with Crippen molar-refractivity contribution in [1.29, 1.82) is 0 Å². The summed E-state index contributed by atoms with van der Waals surface area (Å²) in [4.78, 5) is 35.4. The molecule has 0 spiro atoms. The van der Waals surface area contributed by atoms with Gasteiger partial charge in [0.15, 0.2) is 0 Å². The minimum absolute atomic E-state index is 0.0746. The summed E-state index contributed by atoms with van der Waals surface area (Å²) in [6.07, 6.45) is 4.11. The van der Waals surface area contributed by atoms with E-state index in [1.54, 1.807) is 54.6 Å². The fourth-order valence-electron chi connectivity index (χ4n) is 2.13. The Hall–Kier alpha value is -3.12. The number of hydrogen-bond acceptors (Lipinski definition) is 3. The third-order valence-corrected chi connectivity index (χ3v) is 3.76. The highest BCUT2D eigenvalue weighted by Gasteiger charge is 2.07. The molecule has 0 atom stereocenters. The summed E-state index contributed by atoms with van der Waals surface area (Å²) in [5.41, 5.74) is 6.40. The van der Waals surface area contributed by atoms with Crippen LogP contribution >= 0.6 is 11.6 Å². The molecular formula is C20H20ClN3O3. The molecule has 0 fully saturated rings. The Morgan fingerprint density at radius 2 is 1.63 bits per heavy atom. The van der Waals surface area contributed by atoms with Crippen LogP contribution in [0.5, 0.6) is 0 Å². The molecule has 7 heteroatoms. The Bertz CT molecular complexity index is 831. The van der Waals surface area contributed by atoms with E-state index in [9.17, 15) is 14.4 Å². The monoisotopic (exact) mass is 385 g/mol. The van der Waals surface area contributed by atoms with Crippen molar-refractivity contribution in [2.45, 2.75) is 19.8 Å². The minimum Gasteiger partial charge on any atom is -0.326 e. The predicted octanol–water partition coefficient (Wildman–Crippen LogP) is 3.55. The van der Waals surface area contributed by atoms with Gasteiger partial charge in [-0.2, -0.15) is 0 Å². The second-order valence-electron chi connectivity index (χ2n) is 5.70. The normalized spacial score (nSPS) is 10.4. The van der Waals surface area contributed by atoms with Crippen LogP contribution < -0.4 is 16.2 Å². The summed E-state index contributed by atoms with van der Waals surface area (Å²) >= 11 is 5.79. The molecule has 0 aliphatic carbocycles. The first-order valence-corrected chi connectivity index (χ1v) is 8.79. The third-order valence-electron chi connectivity index (χ3n) is 3.50. The number of halogens is 1. The van der Waals surface area contributed by atoms with Crippen molar-refractivity contribution in [3.63, 3.8) is 0 Å². The van der Waals surface area contributed by atoms with Crippen molar-refractivity contribution in [2.24, 2.45) is 0 Å². The number of hydrazine groups is 1. The zero-order chi connectivity index (χ0) is 19.6. The topological polar surface area (TPSA) is 87.3 Å². The Balaban J connectivity index is 1.83. The quantitative estimate of drug-likeness (QED) is 0.525. The second-order valence-corrected chi connectivity index (χ2v) is 6.14. The molecule has 0 heterocycles. The van der Waals surface area contributed by atoms with Gasteiger partial charge in [-0.3, -0.25) is 25.2 Å². The minimum atomic E-state index is -0.471. The summed E-state index contributed by atoms with van der Waals surface area (Å²) in [5.74, 6) is -1.01. The molecule has 2 rings (SSSR count). The lowest BCUT2D eigenvalue weighted by molar-refractivity contribution is -0.117. The average molecular weight is 386 g/mol. The van der Waals surface area contributed by atoms with Gasteiger partial charge >= 0.3 is 0 Å². The van der Waals surface area contributed by atoms with Crippen molar-refractivity contribution in [3.8, 4) is 0 Å². The molecule has 0 saturated heterocycles. The van der Waals surface area contributed by atoms with Gasteiger partial charge in [0.1, 0.15) is 0 Å². The van der Waals surface area contributed by atoms with Crippen LogP contribution in [0.4, 0.5) is 5.69 Å². The van der Waals surface area contributed by atoms with Crippen LogP contribution in [0.3, 0.4) is 0 Å². The predicted molar refractivity (Wildman–Crippen MR) is 106 cm³/mol. The maximum Gasteiger partial charge on any atom is 0.269 e. The zero-order valence-electron chi connectivity index (χ0n) is 14.8. The van der Waals surface area contributed by atoms with Crippen molar-refractivity contribution < 1.29 is 14.4 Å². The number of amides is 3. The lowest BCUT2D eigenvalue weighted by Crippen LogP contribution is -2.40. The largest absolute Gasteiger partial charge is 0.326 e. The van der Waals surface area contributed by atoms with Gasteiger partial charge in [0.25, 0.3) is 11.8 Å². The first-order valence-electron chi connectivity index (χ1n) is 8.42. The number of carbonyl (C=O) groups excluding carboxylic acids is 3. The van der Waals surface area contributed by atoms with Gasteiger partial charge in [-0.15, -0.1) is 0 Å². The highest BCUT2D eigenvalue weighted by molar-refractivity contribution is 6.30. The lowest BCUT2D eigenvalue weighted by Gasteiger charge is -2.07. The highest BCUT2D eigenvalue weighted by Crippen LogP contribution is 2.11. The van der Waals surface area contributed by atoms with Gasteiger partial charge < -0.3 is 5.32 Å². The summed E-state index contributed by atoms with van der Waals surface area (Å²) in [5, 5.41) is 3.35. The van der Waals surface area contributed by atoms with E-state index in [2.05, 4.69) is 16.2 Å². The molecule has 27 heavy (non-hydrogen) atoms. The molecule has 3 N–H and O–H groups in total. The molecule has 3 amide bonds. The van der Waals surface area contributed by atoms with Crippen LogP contribution in [-0.2, 0) is 9.59 Å². The van der Waals surface area contributed by atoms with E-state index in [0.29, 0.717) is 22.7 Å². The Morgan fingerprint density at radius 1 is 0.963 bits per heavy atom. The summed E-state index contributed by atoms with van der Waals surface area (Å²) < 4.78 is 0. The first kappa shape index (κ1) is 20.2. The molecule has 0 radical (unpaired) electrons.